The van der Waals surface area contributed by atoms with Crippen LogP contribution in [-0.2, 0) is 30.5 Å². The lowest BCUT2D eigenvalue weighted by molar-refractivity contribution is -0.140. The summed E-state index contributed by atoms with van der Waals surface area (Å²) in [5.74, 6) is -4.28. The van der Waals surface area contributed by atoms with Crippen LogP contribution in [0.2, 0.25) is 0 Å². The number of halogens is 1. The molecule has 0 saturated heterocycles. The van der Waals surface area contributed by atoms with E-state index < -0.39 is 70.9 Å². The largest absolute Gasteiger partial charge is 0.388 e. The minimum atomic E-state index is -1.93. The minimum Gasteiger partial charge on any atom is -0.388 e. The SMILES string of the molecule is C[C@H](NC(=O)[C@@H](C)NC(=O)[C@@H](NC(=O)[C@@H](NC(=O)[C@@H](F)CC(C)(C)C)C(C)(C)O)[C@@H](C)c1ccccc1)C(=O)N(C)Cc1ccccc1. The molecule has 0 aliphatic rings. The van der Waals surface area contributed by atoms with E-state index in [1.165, 1.54) is 25.7 Å². The van der Waals surface area contributed by atoms with Crippen LogP contribution in [0.5, 0.6) is 0 Å². The minimum absolute atomic E-state index is 0.109. The molecule has 0 fully saturated rings. The zero-order chi connectivity index (χ0) is 36.4. The first-order chi connectivity index (χ1) is 22.2. The lowest BCUT2D eigenvalue weighted by atomic mass is 9.89. The van der Waals surface area contributed by atoms with Crippen molar-refractivity contribution in [3.63, 3.8) is 0 Å². The molecule has 6 atom stereocenters. The summed E-state index contributed by atoms with van der Waals surface area (Å²) in [6, 6.07) is 13.4. The Balaban J connectivity index is 2.21. The summed E-state index contributed by atoms with van der Waals surface area (Å²) in [7, 11) is 1.63. The molecule has 0 unspecified atom stereocenters. The zero-order valence-electron chi connectivity index (χ0n) is 29.5. The van der Waals surface area contributed by atoms with Crippen LogP contribution >= 0.6 is 0 Å². The number of benzene rings is 2. The Kier molecular flexibility index (Phi) is 14.3. The van der Waals surface area contributed by atoms with Crippen molar-refractivity contribution in [3.05, 3.63) is 71.8 Å². The number of nitrogens with zero attached hydrogens (tertiary/aromatic N) is 1. The predicted molar refractivity (Wildman–Crippen MR) is 182 cm³/mol. The second-order valence-corrected chi connectivity index (χ2v) is 14.2. The van der Waals surface area contributed by atoms with Gasteiger partial charge in [0.2, 0.25) is 23.6 Å². The summed E-state index contributed by atoms with van der Waals surface area (Å²) in [4.78, 5) is 67.5. The average Bonchev–Trinajstić information content (AvgIpc) is 3.00. The Bertz CT molecular complexity index is 1390. The van der Waals surface area contributed by atoms with Crippen molar-refractivity contribution >= 4 is 29.5 Å². The quantitative estimate of drug-likeness (QED) is 0.196. The van der Waals surface area contributed by atoms with Crippen molar-refractivity contribution in [1.29, 1.82) is 0 Å². The molecule has 0 radical (unpaired) electrons. The molecule has 0 aliphatic heterocycles. The van der Waals surface area contributed by atoms with Gasteiger partial charge >= 0.3 is 0 Å². The summed E-state index contributed by atoms with van der Waals surface area (Å²) in [5, 5.41) is 21.0. The molecule has 5 N–H and O–H groups in total. The highest BCUT2D eigenvalue weighted by molar-refractivity contribution is 5.96. The van der Waals surface area contributed by atoms with Gasteiger partial charge in [0.1, 0.15) is 24.2 Å². The smallest absolute Gasteiger partial charge is 0.255 e. The highest BCUT2D eigenvalue weighted by atomic mass is 19.1. The average molecular weight is 670 g/mol. The highest BCUT2D eigenvalue weighted by Crippen LogP contribution is 2.24. The Morgan fingerprint density at radius 3 is 1.77 bits per heavy atom. The first-order valence-electron chi connectivity index (χ1n) is 16.1. The number of aliphatic hydroxyl groups is 1. The molecule has 12 heteroatoms. The van der Waals surface area contributed by atoms with Gasteiger partial charge in [-0.25, -0.2) is 4.39 Å². The molecule has 264 valence electrons. The molecule has 2 aromatic carbocycles. The van der Waals surface area contributed by atoms with Gasteiger partial charge in [0.05, 0.1) is 5.60 Å². The van der Waals surface area contributed by atoms with Crippen LogP contribution in [0.25, 0.3) is 0 Å². The van der Waals surface area contributed by atoms with Gasteiger partial charge in [-0.05, 0) is 50.7 Å². The molecule has 11 nitrogen and oxygen atoms in total. The van der Waals surface area contributed by atoms with Crippen LogP contribution in [-0.4, -0.2) is 82.5 Å². The first kappa shape index (κ1) is 39.9. The standard InChI is InChI=1S/C36H52FN5O6/c1-22(26-18-14-11-15-19-26)28(40-33(46)29(36(7,8)48)41-31(44)27(37)20-35(4,5)6)32(45)38-23(2)30(43)39-24(3)34(47)42(9)21-25-16-12-10-13-17-25/h10-19,22-24,27-29,48H,20-21H2,1-9H3,(H,38,45)(H,39,43)(H,40,46)(H,41,44)/t22-,23+,24-,27-,28-,29+/m0/s1. The molecule has 0 saturated carbocycles. The lowest BCUT2D eigenvalue weighted by Gasteiger charge is -2.33. The molecule has 0 aliphatic carbocycles. The van der Waals surface area contributed by atoms with Gasteiger partial charge < -0.3 is 31.3 Å². The van der Waals surface area contributed by atoms with Crippen LogP contribution in [0.3, 0.4) is 0 Å². The number of hydrogen-bond acceptors (Lipinski definition) is 6. The number of carbonyl (C=O) groups is 5. The number of likely N-dealkylation sites (N-methyl/N-ethyl adjacent to an activating group) is 1. The maximum atomic E-state index is 14.8. The van der Waals surface area contributed by atoms with E-state index in [1.807, 2.05) is 30.3 Å². The van der Waals surface area contributed by atoms with E-state index in [4.69, 9.17) is 0 Å². The van der Waals surface area contributed by atoms with E-state index >= 15 is 0 Å². The Morgan fingerprint density at radius 1 is 0.729 bits per heavy atom. The van der Waals surface area contributed by atoms with Gasteiger partial charge in [0.25, 0.3) is 5.91 Å². The van der Waals surface area contributed by atoms with Gasteiger partial charge in [-0.2, -0.15) is 0 Å². The predicted octanol–water partition coefficient (Wildman–Crippen LogP) is 2.97. The first-order valence-corrected chi connectivity index (χ1v) is 16.1. The fraction of sp³-hybridized carbons (Fsp3) is 0.528. The summed E-state index contributed by atoms with van der Waals surface area (Å²) in [6.45, 7) is 12.9. The number of hydrogen-bond donors (Lipinski definition) is 5. The molecule has 0 aromatic heterocycles. The van der Waals surface area contributed by atoms with Crippen LogP contribution in [0, 0.1) is 5.41 Å². The number of rotatable bonds is 15. The van der Waals surface area contributed by atoms with E-state index in [0.29, 0.717) is 12.1 Å². The fourth-order valence-electron chi connectivity index (χ4n) is 5.06. The number of alkyl halides is 1. The van der Waals surface area contributed by atoms with E-state index in [9.17, 15) is 33.5 Å². The zero-order valence-corrected chi connectivity index (χ0v) is 29.5. The lowest BCUT2D eigenvalue weighted by Crippen LogP contribution is -2.63. The molecule has 5 amide bonds. The maximum absolute atomic E-state index is 14.8. The molecule has 0 spiro atoms. The van der Waals surface area contributed by atoms with E-state index in [-0.39, 0.29) is 12.3 Å². The molecule has 48 heavy (non-hydrogen) atoms. The van der Waals surface area contributed by atoms with Crippen LogP contribution < -0.4 is 21.3 Å². The maximum Gasteiger partial charge on any atom is 0.255 e. The molecule has 2 rings (SSSR count). The van der Waals surface area contributed by atoms with Crippen molar-refractivity contribution in [1.82, 2.24) is 26.2 Å². The number of carbonyl (C=O) groups excluding carboxylic acids is 5. The topological polar surface area (TPSA) is 157 Å². The second-order valence-electron chi connectivity index (χ2n) is 14.2. The molecule has 0 heterocycles. The summed E-state index contributed by atoms with van der Waals surface area (Å²) in [6.07, 6.45) is -2.04. The molecule has 2 aromatic rings. The van der Waals surface area contributed by atoms with Gasteiger partial charge in [-0.3, -0.25) is 24.0 Å². The van der Waals surface area contributed by atoms with Gasteiger partial charge in [-0.15, -0.1) is 0 Å². The van der Waals surface area contributed by atoms with Gasteiger partial charge in [0.15, 0.2) is 6.17 Å². The molecular formula is C36H52FN5O6. The summed E-state index contributed by atoms with van der Waals surface area (Å²) >= 11 is 0. The van der Waals surface area contributed by atoms with Gasteiger partial charge in [0, 0.05) is 19.5 Å². The van der Waals surface area contributed by atoms with Crippen molar-refractivity contribution in [2.45, 2.75) is 110 Å². The third-order valence-electron chi connectivity index (χ3n) is 7.86. The van der Waals surface area contributed by atoms with Gasteiger partial charge in [-0.1, -0.05) is 88.4 Å². The second kappa shape index (κ2) is 17.2. The normalized spacial score (nSPS) is 15.5. The van der Waals surface area contributed by atoms with E-state index in [1.54, 1.807) is 72.0 Å². The summed E-state index contributed by atoms with van der Waals surface area (Å²) in [5.41, 5.74) is -0.728. The number of amides is 5. The number of nitrogens with one attached hydrogen (secondary N) is 4. The van der Waals surface area contributed by atoms with Crippen molar-refractivity contribution in [3.8, 4) is 0 Å². The molecule has 0 bridgehead atoms. The highest BCUT2D eigenvalue weighted by Gasteiger charge is 2.40. The van der Waals surface area contributed by atoms with Crippen molar-refractivity contribution < 1.29 is 33.5 Å². The third kappa shape index (κ3) is 12.4. The van der Waals surface area contributed by atoms with E-state index in [2.05, 4.69) is 21.3 Å². The Labute approximate surface area is 283 Å². The van der Waals surface area contributed by atoms with Crippen molar-refractivity contribution in [2.75, 3.05) is 7.05 Å². The van der Waals surface area contributed by atoms with Crippen LogP contribution in [0.15, 0.2) is 60.7 Å². The van der Waals surface area contributed by atoms with Crippen LogP contribution in [0.1, 0.15) is 78.9 Å². The summed E-state index contributed by atoms with van der Waals surface area (Å²) < 4.78 is 14.8. The molecular weight excluding hydrogens is 617 g/mol. The monoisotopic (exact) mass is 669 g/mol. The Morgan fingerprint density at radius 2 is 1.25 bits per heavy atom. The Hall–Kier alpha value is -4.32. The van der Waals surface area contributed by atoms with Crippen molar-refractivity contribution in [2.24, 2.45) is 5.41 Å². The van der Waals surface area contributed by atoms with E-state index in [0.717, 1.165) is 5.56 Å². The fourth-order valence-corrected chi connectivity index (χ4v) is 5.06. The third-order valence-corrected chi connectivity index (χ3v) is 7.86. The van der Waals surface area contributed by atoms with Crippen LogP contribution in [0.4, 0.5) is 4.39 Å².